The molecule has 1 N–H and O–H groups in total. The van der Waals surface area contributed by atoms with Gasteiger partial charge in [0, 0.05) is 31.1 Å². The first-order chi connectivity index (χ1) is 10.2. The second kappa shape index (κ2) is 6.63. The first-order valence-corrected chi connectivity index (χ1v) is 9.07. The van der Waals surface area contributed by atoms with E-state index in [2.05, 4.69) is 31.1 Å². The van der Waals surface area contributed by atoms with Crippen LogP contribution >= 0.6 is 11.3 Å². The lowest BCUT2D eigenvalue weighted by molar-refractivity contribution is 0.118. The zero-order valence-electron chi connectivity index (χ0n) is 13.4. The molecule has 2 fully saturated rings. The summed E-state index contributed by atoms with van der Waals surface area (Å²) in [5.41, 5.74) is 1.30. The molecule has 1 aromatic heterocycles. The van der Waals surface area contributed by atoms with E-state index in [0.717, 1.165) is 43.6 Å². The highest BCUT2D eigenvalue weighted by molar-refractivity contribution is 7.15. The minimum atomic E-state index is 0.307. The molecule has 1 aliphatic carbocycles. The molecule has 5 heteroatoms. The molecule has 2 aliphatic rings. The molecule has 21 heavy (non-hydrogen) atoms. The van der Waals surface area contributed by atoms with Crippen LogP contribution in [0.4, 0.5) is 5.13 Å². The summed E-state index contributed by atoms with van der Waals surface area (Å²) in [6.07, 6.45) is 6.34. The number of ether oxygens (including phenoxy) is 1. The molecule has 0 bridgehead atoms. The van der Waals surface area contributed by atoms with Gasteiger partial charge in [0.15, 0.2) is 5.13 Å². The average molecular weight is 309 g/mol. The number of rotatable bonds is 7. The number of nitrogens with zero attached hydrogens (tertiary/aromatic N) is 2. The zero-order chi connectivity index (χ0) is 14.8. The second-order valence-corrected chi connectivity index (χ2v) is 7.38. The van der Waals surface area contributed by atoms with Gasteiger partial charge in [-0.1, -0.05) is 13.3 Å². The second-order valence-electron chi connectivity index (χ2n) is 6.31. The largest absolute Gasteiger partial charge is 0.376 e. The van der Waals surface area contributed by atoms with Crippen molar-refractivity contribution in [3.05, 3.63) is 10.6 Å². The minimum absolute atomic E-state index is 0.307. The van der Waals surface area contributed by atoms with Crippen molar-refractivity contribution in [3.63, 3.8) is 0 Å². The van der Waals surface area contributed by atoms with Gasteiger partial charge in [-0.3, -0.25) is 0 Å². The van der Waals surface area contributed by atoms with Crippen molar-refractivity contribution in [3.8, 4) is 0 Å². The fraction of sp³-hybridized carbons (Fsp3) is 0.812. The van der Waals surface area contributed by atoms with Crippen molar-refractivity contribution in [2.45, 2.75) is 70.7 Å². The van der Waals surface area contributed by atoms with Crippen LogP contribution < -0.4 is 10.2 Å². The van der Waals surface area contributed by atoms with Crippen LogP contribution in [0.3, 0.4) is 0 Å². The number of aryl methyl sites for hydroxylation is 1. The number of aromatic nitrogens is 1. The Morgan fingerprint density at radius 1 is 1.38 bits per heavy atom. The average Bonchev–Trinajstić information content (AvgIpc) is 3.07. The fourth-order valence-electron chi connectivity index (χ4n) is 2.99. The van der Waals surface area contributed by atoms with Gasteiger partial charge in [0.05, 0.1) is 17.8 Å². The molecule has 0 amide bonds. The van der Waals surface area contributed by atoms with Crippen molar-refractivity contribution in [1.29, 1.82) is 0 Å². The first-order valence-electron chi connectivity index (χ1n) is 8.25. The van der Waals surface area contributed by atoms with Crippen LogP contribution in [0, 0.1) is 0 Å². The molecule has 0 radical (unpaired) electrons. The monoisotopic (exact) mass is 309 g/mol. The highest BCUT2D eigenvalue weighted by Gasteiger charge is 2.30. The standard InChI is InChI=1S/C16H27N3OS/c1-4-5-13-15(10-17-12-6-7-12)21-16(18-13)19(3)14-8-9-20-11(14)2/h11-12,14,17H,4-10H2,1-3H3. The van der Waals surface area contributed by atoms with Crippen LogP contribution in [0.5, 0.6) is 0 Å². The van der Waals surface area contributed by atoms with Crippen LogP contribution in [0.15, 0.2) is 0 Å². The molecule has 1 aliphatic heterocycles. The molecule has 4 nitrogen and oxygen atoms in total. The molecule has 2 unspecified atom stereocenters. The van der Waals surface area contributed by atoms with E-state index in [4.69, 9.17) is 9.72 Å². The maximum absolute atomic E-state index is 5.70. The van der Waals surface area contributed by atoms with Crippen molar-refractivity contribution in [1.82, 2.24) is 10.3 Å². The maximum atomic E-state index is 5.70. The number of hydrogen-bond donors (Lipinski definition) is 1. The molecular weight excluding hydrogens is 282 g/mol. The number of nitrogens with one attached hydrogen (secondary N) is 1. The summed E-state index contributed by atoms with van der Waals surface area (Å²) in [7, 11) is 2.17. The summed E-state index contributed by atoms with van der Waals surface area (Å²) in [5, 5.41) is 4.79. The molecule has 1 aromatic rings. The Morgan fingerprint density at radius 3 is 2.81 bits per heavy atom. The van der Waals surface area contributed by atoms with E-state index in [1.165, 1.54) is 23.4 Å². The normalized spacial score (nSPS) is 25.5. The van der Waals surface area contributed by atoms with E-state index in [-0.39, 0.29) is 0 Å². The molecular formula is C16H27N3OS. The maximum Gasteiger partial charge on any atom is 0.185 e. The van der Waals surface area contributed by atoms with Crippen LogP contribution in [-0.4, -0.2) is 36.8 Å². The van der Waals surface area contributed by atoms with Gasteiger partial charge in [-0.2, -0.15) is 0 Å². The first kappa shape index (κ1) is 15.3. The molecule has 0 spiro atoms. The summed E-state index contributed by atoms with van der Waals surface area (Å²) in [4.78, 5) is 8.69. The smallest absolute Gasteiger partial charge is 0.185 e. The third-order valence-electron chi connectivity index (χ3n) is 4.52. The topological polar surface area (TPSA) is 37.4 Å². The third-order valence-corrected chi connectivity index (χ3v) is 5.71. The third kappa shape index (κ3) is 3.58. The Labute approximate surface area is 131 Å². The minimum Gasteiger partial charge on any atom is -0.376 e. The predicted molar refractivity (Wildman–Crippen MR) is 88.2 cm³/mol. The van der Waals surface area contributed by atoms with Gasteiger partial charge in [0.1, 0.15) is 0 Å². The summed E-state index contributed by atoms with van der Waals surface area (Å²) in [6, 6.07) is 1.22. The lowest BCUT2D eigenvalue weighted by Crippen LogP contribution is -2.36. The summed E-state index contributed by atoms with van der Waals surface area (Å²) in [5.74, 6) is 0. The van der Waals surface area contributed by atoms with Gasteiger partial charge in [0.2, 0.25) is 0 Å². The highest BCUT2D eigenvalue weighted by Crippen LogP contribution is 2.31. The van der Waals surface area contributed by atoms with E-state index < -0.39 is 0 Å². The highest BCUT2D eigenvalue weighted by atomic mass is 32.1. The molecule has 1 saturated carbocycles. The Kier molecular flexibility index (Phi) is 4.82. The van der Waals surface area contributed by atoms with E-state index in [0.29, 0.717) is 12.1 Å². The molecule has 2 heterocycles. The summed E-state index contributed by atoms with van der Waals surface area (Å²) >= 11 is 1.86. The Balaban J connectivity index is 1.72. The van der Waals surface area contributed by atoms with Crippen LogP contribution in [0.1, 0.15) is 50.1 Å². The number of hydrogen-bond acceptors (Lipinski definition) is 5. The van der Waals surface area contributed by atoms with E-state index in [1.807, 2.05) is 11.3 Å². The molecule has 0 aromatic carbocycles. The van der Waals surface area contributed by atoms with Gasteiger partial charge in [-0.15, -0.1) is 11.3 Å². The predicted octanol–water partition coefficient (Wildman–Crippen LogP) is 2.96. The van der Waals surface area contributed by atoms with E-state index >= 15 is 0 Å². The van der Waals surface area contributed by atoms with E-state index in [9.17, 15) is 0 Å². The quantitative estimate of drug-likeness (QED) is 0.840. The zero-order valence-corrected chi connectivity index (χ0v) is 14.2. The summed E-state index contributed by atoms with van der Waals surface area (Å²) in [6.45, 7) is 6.26. The van der Waals surface area contributed by atoms with Crippen molar-refractivity contribution in [2.24, 2.45) is 0 Å². The van der Waals surface area contributed by atoms with Gasteiger partial charge < -0.3 is 15.0 Å². The number of thiazole rings is 1. The Morgan fingerprint density at radius 2 is 2.19 bits per heavy atom. The van der Waals surface area contributed by atoms with Gasteiger partial charge in [0.25, 0.3) is 0 Å². The van der Waals surface area contributed by atoms with Gasteiger partial charge in [-0.25, -0.2) is 4.98 Å². The SMILES string of the molecule is CCCc1nc(N(C)C2CCOC2C)sc1CNC1CC1. The lowest BCUT2D eigenvalue weighted by atomic mass is 10.1. The number of anilines is 1. The number of likely N-dealkylation sites (N-methyl/N-ethyl adjacent to an activating group) is 1. The van der Waals surface area contributed by atoms with Gasteiger partial charge in [-0.05, 0) is 32.6 Å². The molecule has 118 valence electrons. The fourth-order valence-corrected chi connectivity index (χ4v) is 4.06. The van der Waals surface area contributed by atoms with Crippen molar-refractivity contribution >= 4 is 16.5 Å². The van der Waals surface area contributed by atoms with E-state index in [1.54, 1.807) is 0 Å². The lowest BCUT2D eigenvalue weighted by Gasteiger charge is -2.26. The van der Waals surface area contributed by atoms with Crippen LogP contribution in [0.25, 0.3) is 0 Å². The molecule has 1 saturated heterocycles. The van der Waals surface area contributed by atoms with Gasteiger partial charge >= 0.3 is 0 Å². The van der Waals surface area contributed by atoms with Crippen molar-refractivity contribution in [2.75, 3.05) is 18.6 Å². The Hall–Kier alpha value is -0.650. The molecule has 2 atom stereocenters. The summed E-state index contributed by atoms with van der Waals surface area (Å²) < 4.78 is 5.70. The van der Waals surface area contributed by atoms with Crippen LogP contribution in [0.2, 0.25) is 0 Å². The van der Waals surface area contributed by atoms with Crippen LogP contribution in [-0.2, 0) is 17.7 Å². The Bertz CT molecular complexity index is 472. The molecule has 3 rings (SSSR count). The van der Waals surface area contributed by atoms with Crippen molar-refractivity contribution < 1.29 is 4.74 Å².